The molecule has 2 heterocycles. The molecule has 8 nitrogen and oxygen atoms in total. The molecular weight excluding hydrogens is 382 g/mol. The molecule has 30 heavy (non-hydrogen) atoms. The van der Waals surface area contributed by atoms with Crippen molar-refractivity contribution in [3.63, 3.8) is 0 Å². The van der Waals surface area contributed by atoms with Crippen LogP contribution >= 0.6 is 0 Å². The molecule has 0 unspecified atom stereocenters. The molecule has 154 valence electrons. The van der Waals surface area contributed by atoms with Crippen molar-refractivity contribution in [3.05, 3.63) is 66.1 Å². The Morgan fingerprint density at radius 3 is 2.80 bits per heavy atom. The first-order chi connectivity index (χ1) is 14.7. The molecule has 0 aliphatic rings. The van der Waals surface area contributed by atoms with Gasteiger partial charge < -0.3 is 14.8 Å². The summed E-state index contributed by atoms with van der Waals surface area (Å²) in [5, 5.41) is 16.1. The van der Waals surface area contributed by atoms with Gasteiger partial charge in [0.1, 0.15) is 0 Å². The molecule has 0 atom stereocenters. The Labute approximate surface area is 175 Å². The number of carbonyl (C=O) groups excluding carboxylic acids is 1. The molecule has 0 bridgehead atoms. The second-order valence-corrected chi connectivity index (χ2v) is 6.55. The minimum Gasteiger partial charge on any atom is -0.493 e. The van der Waals surface area contributed by atoms with E-state index in [2.05, 4.69) is 21.5 Å². The first-order valence-corrected chi connectivity index (χ1v) is 9.61. The predicted octanol–water partition coefficient (Wildman–Crippen LogP) is 3.20. The summed E-state index contributed by atoms with van der Waals surface area (Å²) in [7, 11) is 1.52. The van der Waals surface area contributed by atoms with Crippen LogP contribution in [0.5, 0.6) is 11.5 Å². The van der Waals surface area contributed by atoms with Crippen LogP contribution in [0.4, 0.5) is 5.82 Å². The summed E-state index contributed by atoms with van der Waals surface area (Å²) in [6, 6.07) is 12.8. The van der Waals surface area contributed by atoms with Crippen LogP contribution in [-0.2, 0) is 17.8 Å². The standard InChI is InChI=1S/C22H23N5O3/c1-29-20-15-18(16-23)4-5-19(20)30-14-2-3-22(28)25-21-9-13-27(26-21)12-8-17-6-10-24-11-7-17/h4-7,9-11,13,15H,2-3,8,12,14H2,1H3,(H,25,26,28). The minimum absolute atomic E-state index is 0.121. The van der Waals surface area contributed by atoms with E-state index in [9.17, 15) is 4.79 Å². The Bertz CT molecular complexity index is 1010. The van der Waals surface area contributed by atoms with Crippen LogP contribution in [0.3, 0.4) is 0 Å². The molecule has 3 rings (SSSR count). The number of nitriles is 1. The normalized spacial score (nSPS) is 10.3. The summed E-state index contributed by atoms with van der Waals surface area (Å²) in [4.78, 5) is 16.1. The van der Waals surface area contributed by atoms with Crippen molar-refractivity contribution in [2.45, 2.75) is 25.8 Å². The maximum absolute atomic E-state index is 12.1. The van der Waals surface area contributed by atoms with E-state index >= 15 is 0 Å². The van der Waals surface area contributed by atoms with Gasteiger partial charge in [-0.3, -0.25) is 14.5 Å². The molecule has 0 saturated heterocycles. The highest BCUT2D eigenvalue weighted by Crippen LogP contribution is 2.27. The van der Waals surface area contributed by atoms with Gasteiger partial charge in [-0.2, -0.15) is 10.4 Å². The second kappa shape index (κ2) is 10.6. The smallest absolute Gasteiger partial charge is 0.225 e. The Kier molecular flexibility index (Phi) is 7.39. The van der Waals surface area contributed by atoms with Gasteiger partial charge in [0.05, 0.1) is 25.3 Å². The van der Waals surface area contributed by atoms with Gasteiger partial charge in [-0.25, -0.2) is 0 Å². The summed E-state index contributed by atoms with van der Waals surface area (Å²) >= 11 is 0. The van der Waals surface area contributed by atoms with E-state index in [-0.39, 0.29) is 5.91 Å². The number of anilines is 1. The lowest BCUT2D eigenvalue weighted by Crippen LogP contribution is -2.14. The van der Waals surface area contributed by atoms with Crippen LogP contribution in [0.25, 0.3) is 0 Å². The maximum Gasteiger partial charge on any atom is 0.225 e. The zero-order chi connectivity index (χ0) is 21.2. The number of carbonyl (C=O) groups is 1. The monoisotopic (exact) mass is 405 g/mol. The van der Waals surface area contributed by atoms with Gasteiger partial charge in [0.25, 0.3) is 0 Å². The van der Waals surface area contributed by atoms with Crippen LogP contribution in [-0.4, -0.2) is 34.4 Å². The van der Waals surface area contributed by atoms with Crippen LogP contribution < -0.4 is 14.8 Å². The molecule has 0 saturated carbocycles. The maximum atomic E-state index is 12.1. The Morgan fingerprint density at radius 2 is 2.03 bits per heavy atom. The van der Waals surface area contributed by atoms with E-state index in [0.717, 1.165) is 13.0 Å². The summed E-state index contributed by atoms with van der Waals surface area (Å²) in [5.74, 6) is 1.45. The lowest BCUT2D eigenvalue weighted by atomic mass is 10.2. The fourth-order valence-corrected chi connectivity index (χ4v) is 2.82. The number of ether oxygens (including phenoxy) is 2. The first-order valence-electron chi connectivity index (χ1n) is 9.61. The number of rotatable bonds is 10. The average Bonchev–Trinajstić information content (AvgIpc) is 3.23. The molecular formula is C22H23N5O3. The number of pyridine rings is 1. The van der Waals surface area contributed by atoms with Crippen molar-refractivity contribution < 1.29 is 14.3 Å². The fourth-order valence-electron chi connectivity index (χ4n) is 2.82. The molecule has 1 N–H and O–H groups in total. The third-order valence-corrected chi connectivity index (χ3v) is 4.39. The number of aryl methyl sites for hydroxylation is 2. The zero-order valence-electron chi connectivity index (χ0n) is 16.7. The van der Waals surface area contributed by atoms with Crippen LogP contribution in [0.15, 0.2) is 55.0 Å². The number of methoxy groups -OCH3 is 1. The van der Waals surface area contributed by atoms with Gasteiger partial charge in [-0.05, 0) is 42.7 Å². The van der Waals surface area contributed by atoms with Crippen molar-refractivity contribution in [3.8, 4) is 17.6 Å². The Hall–Kier alpha value is -3.86. The molecule has 1 aromatic carbocycles. The second-order valence-electron chi connectivity index (χ2n) is 6.55. The van der Waals surface area contributed by atoms with Gasteiger partial charge in [-0.15, -0.1) is 0 Å². The van der Waals surface area contributed by atoms with E-state index in [0.29, 0.717) is 42.3 Å². The lowest BCUT2D eigenvalue weighted by Gasteiger charge is -2.10. The number of hydrogen-bond donors (Lipinski definition) is 1. The highest BCUT2D eigenvalue weighted by molar-refractivity contribution is 5.89. The number of nitrogens with one attached hydrogen (secondary N) is 1. The van der Waals surface area contributed by atoms with E-state index < -0.39 is 0 Å². The van der Waals surface area contributed by atoms with E-state index in [1.807, 2.05) is 18.3 Å². The van der Waals surface area contributed by atoms with Gasteiger partial charge in [0, 0.05) is 43.7 Å². The molecule has 0 radical (unpaired) electrons. The highest BCUT2D eigenvalue weighted by atomic mass is 16.5. The van der Waals surface area contributed by atoms with Gasteiger partial charge in [0.2, 0.25) is 5.91 Å². The topological polar surface area (TPSA) is 102 Å². The predicted molar refractivity (Wildman–Crippen MR) is 111 cm³/mol. The van der Waals surface area contributed by atoms with Crippen LogP contribution in [0.2, 0.25) is 0 Å². The third kappa shape index (κ3) is 6.07. The summed E-state index contributed by atoms with van der Waals surface area (Å²) in [5.41, 5.74) is 1.68. The van der Waals surface area contributed by atoms with Gasteiger partial charge >= 0.3 is 0 Å². The number of nitrogens with zero attached hydrogens (tertiary/aromatic N) is 4. The fraction of sp³-hybridized carbons (Fsp3) is 0.273. The van der Waals surface area contributed by atoms with Crippen molar-refractivity contribution in [1.29, 1.82) is 5.26 Å². The number of benzene rings is 1. The van der Waals surface area contributed by atoms with E-state index in [1.165, 1.54) is 12.7 Å². The molecule has 0 fully saturated rings. The largest absolute Gasteiger partial charge is 0.493 e. The first kappa shape index (κ1) is 20.9. The minimum atomic E-state index is -0.121. The molecule has 2 aromatic heterocycles. The summed E-state index contributed by atoms with van der Waals surface area (Å²) in [6.45, 7) is 1.08. The molecule has 8 heteroatoms. The average molecular weight is 405 g/mol. The van der Waals surface area contributed by atoms with Crippen LogP contribution in [0, 0.1) is 11.3 Å². The number of aromatic nitrogens is 3. The quantitative estimate of drug-likeness (QED) is 0.520. The lowest BCUT2D eigenvalue weighted by molar-refractivity contribution is -0.116. The SMILES string of the molecule is COc1cc(C#N)ccc1OCCCC(=O)Nc1ccn(CCc2ccncc2)n1. The van der Waals surface area contributed by atoms with E-state index in [1.54, 1.807) is 41.3 Å². The Balaban J connectivity index is 1.39. The molecule has 0 spiro atoms. The molecule has 0 aliphatic heterocycles. The highest BCUT2D eigenvalue weighted by Gasteiger charge is 2.08. The summed E-state index contributed by atoms with van der Waals surface area (Å²) in [6.07, 6.45) is 7.07. The van der Waals surface area contributed by atoms with E-state index in [4.69, 9.17) is 14.7 Å². The van der Waals surface area contributed by atoms with Crippen LogP contribution in [0.1, 0.15) is 24.0 Å². The number of amides is 1. The molecule has 0 aliphatic carbocycles. The van der Waals surface area contributed by atoms with Crippen molar-refractivity contribution in [1.82, 2.24) is 14.8 Å². The molecule has 3 aromatic rings. The van der Waals surface area contributed by atoms with Gasteiger partial charge in [-0.1, -0.05) is 0 Å². The Morgan fingerprint density at radius 1 is 1.20 bits per heavy atom. The summed E-state index contributed by atoms with van der Waals surface area (Å²) < 4.78 is 12.7. The zero-order valence-corrected chi connectivity index (χ0v) is 16.7. The number of hydrogen-bond acceptors (Lipinski definition) is 6. The van der Waals surface area contributed by atoms with Gasteiger partial charge in [0.15, 0.2) is 17.3 Å². The third-order valence-electron chi connectivity index (χ3n) is 4.39. The van der Waals surface area contributed by atoms with Crippen molar-refractivity contribution >= 4 is 11.7 Å². The van der Waals surface area contributed by atoms with Crippen molar-refractivity contribution in [2.75, 3.05) is 19.0 Å². The van der Waals surface area contributed by atoms with Crippen molar-refractivity contribution in [2.24, 2.45) is 0 Å². The molecule has 1 amide bonds.